The summed E-state index contributed by atoms with van der Waals surface area (Å²) in [6.45, 7) is 3.53. The molecule has 4 heteroatoms. The second-order valence-corrected chi connectivity index (χ2v) is 5.39. The standard InChI is InChI=1S/C13H23NO3/c1-10-4-2-3-5-12(10)17-9-13(16)14-7-6-11(15)8-14/h10-12,15H,2-9H2,1H3/t10?,11-,12?/m1/s1. The molecule has 1 saturated heterocycles. The molecule has 1 saturated carbocycles. The average Bonchev–Trinajstić information content (AvgIpc) is 2.74. The van der Waals surface area contributed by atoms with E-state index in [2.05, 4.69) is 6.92 Å². The van der Waals surface area contributed by atoms with Crippen molar-refractivity contribution >= 4 is 5.91 Å². The molecular formula is C13H23NO3. The molecule has 17 heavy (non-hydrogen) atoms. The SMILES string of the molecule is CC1CCCCC1OCC(=O)N1CC[C@@H](O)C1. The summed E-state index contributed by atoms with van der Waals surface area (Å²) in [7, 11) is 0. The predicted octanol–water partition coefficient (Wildman–Crippen LogP) is 1.17. The minimum atomic E-state index is -0.340. The molecule has 1 aliphatic heterocycles. The number of hydrogen-bond donors (Lipinski definition) is 1. The van der Waals surface area contributed by atoms with Crippen LogP contribution in [-0.2, 0) is 9.53 Å². The van der Waals surface area contributed by atoms with Gasteiger partial charge in [0.05, 0.1) is 12.2 Å². The van der Waals surface area contributed by atoms with Gasteiger partial charge < -0.3 is 14.7 Å². The van der Waals surface area contributed by atoms with Crippen molar-refractivity contribution in [1.29, 1.82) is 0 Å². The Bertz CT molecular complexity index is 269. The smallest absolute Gasteiger partial charge is 0.248 e. The topological polar surface area (TPSA) is 49.8 Å². The van der Waals surface area contributed by atoms with E-state index in [1.54, 1.807) is 4.90 Å². The maximum absolute atomic E-state index is 11.8. The number of amides is 1. The van der Waals surface area contributed by atoms with Crippen molar-refractivity contribution in [2.45, 2.75) is 51.2 Å². The molecule has 2 fully saturated rings. The van der Waals surface area contributed by atoms with E-state index >= 15 is 0 Å². The summed E-state index contributed by atoms with van der Waals surface area (Å²) in [5.41, 5.74) is 0. The van der Waals surface area contributed by atoms with Gasteiger partial charge in [0.25, 0.3) is 0 Å². The lowest BCUT2D eigenvalue weighted by Crippen LogP contribution is -2.35. The summed E-state index contributed by atoms with van der Waals surface area (Å²) in [4.78, 5) is 13.5. The van der Waals surface area contributed by atoms with E-state index < -0.39 is 0 Å². The molecule has 0 aromatic heterocycles. The van der Waals surface area contributed by atoms with Gasteiger partial charge in [-0.1, -0.05) is 19.8 Å². The van der Waals surface area contributed by atoms with E-state index in [1.807, 2.05) is 0 Å². The monoisotopic (exact) mass is 241 g/mol. The van der Waals surface area contributed by atoms with Crippen LogP contribution in [0.4, 0.5) is 0 Å². The number of aliphatic hydroxyl groups is 1. The number of carbonyl (C=O) groups is 1. The molecule has 0 aromatic rings. The zero-order valence-electron chi connectivity index (χ0n) is 10.6. The van der Waals surface area contributed by atoms with E-state index in [9.17, 15) is 9.90 Å². The van der Waals surface area contributed by atoms with Gasteiger partial charge in [-0.05, 0) is 25.2 Å². The fourth-order valence-electron chi connectivity index (χ4n) is 2.77. The normalized spacial score (nSPS) is 34.0. The molecular weight excluding hydrogens is 218 g/mol. The predicted molar refractivity (Wildman–Crippen MR) is 64.6 cm³/mol. The zero-order valence-corrected chi connectivity index (χ0v) is 10.6. The Hall–Kier alpha value is -0.610. The number of β-amino-alcohol motifs (C(OH)–C–C–N with tert-alkyl or cyclic N) is 1. The first-order valence-electron chi connectivity index (χ1n) is 6.74. The third-order valence-electron chi connectivity index (χ3n) is 3.97. The van der Waals surface area contributed by atoms with Crippen LogP contribution in [0.5, 0.6) is 0 Å². The maximum Gasteiger partial charge on any atom is 0.248 e. The molecule has 4 nitrogen and oxygen atoms in total. The van der Waals surface area contributed by atoms with Gasteiger partial charge in [-0.2, -0.15) is 0 Å². The summed E-state index contributed by atoms with van der Waals surface area (Å²) >= 11 is 0. The molecule has 3 atom stereocenters. The maximum atomic E-state index is 11.8. The zero-order chi connectivity index (χ0) is 12.3. The van der Waals surface area contributed by atoms with Gasteiger partial charge in [-0.25, -0.2) is 0 Å². The Morgan fingerprint density at radius 3 is 2.76 bits per heavy atom. The molecule has 2 aliphatic rings. The fourth-order valence-corrected chi connectivity index (χ4v) is 2.77. The van der Waals surface area contributed by atoms with Crippen molar-refractivity contribution in [3.63, 3.8) is 0 Å². The van der Waals surface area contributed by atoms with Gasteiger partial charge in [0.1, 0.15) is 6.61 Å². The van der Waals surface area contributed by atoms with Crippen LogP contribution in [0, 0.1) is 5.92 Å². The lowest BCUT2D eigenvalue weighted by atomic mass is 9.88. The highest BCUT2D eigenvalue weighted by molar-refractivity contribution is 5.77. The third-order valence-corrected chi connectivity index (χ3v) is 3.97. The third kappa shape index (κ3) is 3.42. The molecule has 1 heterocycles. The molecule has 2 unspecified atom stereocenters. The highest BCUT2D eigenvalue weighted by Crippen LogP contribution is 2.26. The minimum Gasteiger partial charge on any atom is -0.391 e. The molecule has 1 N–H and O–H groups in total. The fraction of sp³-hybridized carbons (Fsp3) is 0.923. The molecule has 0 spiro atoms. The summed E-state index contributed by atoms with van der Waals surface area (Å²) in [6, 6.07) is 0. The van der Waals surface area contributed by atoms with Crippen LogP contribution in [0.3, 0.4) is 0 Å². The molecule has 0 aromatic carbocycles. The number of rotatable bonds is 3. The number of carbonyl (C=O) groups excluding carboxylic acids is 1. The van der Waals surface area contributed by atoms with Gasteiger partial charge in [0, 0.05) is 13.1 Å². The van der Waals surface area contributed by atoms with Gasteiger partial charge >= 0.3 is 0 Å². The first kappa shape index (κ1) is 12.8. The largest absolute Gasteiger partial charge is 0.391 e. The molecule has 0 radical (unpaired) electrons. The van der Waals surface area contributed by atoms with E-state index in [-0.39, 0.29) is 24.7 Å². The molecule has 0 bridgehead atoms. The first-order chi connectivity index (χ1) is 8.16. The Morgan fingerprint density at radius 2 is 2.12 bits per heavy atom. The highest BCUT2D eigenvalue weighted by atomic mass is 16.5. The quantitative estimate of drug-likeness (QED) is 0.807. The number of ether oxygens (including phenoxy) is 1. The first-order valence-corrected chi connectivity index (χ1v) is 6.74. The molecule has 98 valence electrons. The van der Waals surface area contributed by atoms with E-state index in [0.717, 1.165) is 6.42 Å². The van der Waals surface area contributed by atoms with Crippen molar-refractivity contribution in [3.8, 4) is 0 Å². The van der Waals surface area contributed by atoms with Gasteiger partial charge in [-0.15, -0.1) is 0 Å². The molecule has 2 rings (SSSR count). The van der Waals surface area contributed by atoms with Gasteiger partial charge in [0.15, 0.2) is 0 Å². The van der Waals surface area contributed by atoms with Crippen molar-refractivity contribution in [1.82, 2.24) is 4.90 Å². The van der Waals surface area contributed by atoms with Crippen molar-refractivity contribution in [3.05, 3.63) is 0 Å². The van der Waals surface area contributed by atoms with Gasteiger partial charge in [0.2, 0.25) is 5.91 Å². The van der Waals surface area contributed by atoms with E-state index in [4.69, 9.17) is 4.74 Å². The van der Waals surface area contributed by atoms with Crippen molar-refractivity contribution < 1.29 is 14.6 Å². The summed E-state index contributed by atoms with van der Waals surface area (Å²) in [5, 5.41) is 9.37. The van der Waals surface area contributed by atoms with Crippen LogP contribution in [0.15, 0.2) is 0 Å². The highest BCUT2D eigenvalue weighted by Gasteiger charge is 2.27. The van der Waals surface area contributed by atoms with Gasteiger partial charge in [-0.3, -0.25) is 4.79 Å². The number of nitrogens with zero attached hydrogens (tertiary/aromatic N) is 1. The Balaban J connectivity index is 1.72. The molecule has 1 amide bonds. The lowest BCUT2D eigenvalue weighted by molar-refractivity contribution is -0.139. The second kappa shape index (κ2) is 5.83. The number of likely N-dealkylation sites (tertiary alicyclic amines) is 1. The van der Waals surface area contributed by atoms with Crippen LogP contribution in [0.2, 0.25) is 0 Å². The van der Waals surface area contributed by atoms with Crippen LogP contribution in [0.25, 0.3) is 0 Å². The Morgan fingerprint density at radius 1 is 1.35 bits per heavy atom. The van der Waals surface area contributed by atoms with Crippen molar-refractivity contribution in [2.24, 2.45) is 5.92 Å². The van der Waals surface area contributed by atoms with Crippen LogP contribution in [0.1, 0.15) is 39.0 Å². The van der Waals surface area contributed by atoms with E-state index in [0.29, 0.717) is 25.4 Å². The summed E-state index contributed by atoms with van der Waals surface area (Å²) in [6.07, 6.45) is 5.40. The lowest BCUT2D eigenvalue weighted by Gasteiger charge is -2.29. The van der Waals surface area contributed by atoms with Crippen molar-refractivity contribution in [2.75, 3.05) is 19.7 Å². The number of aliphatic hydroxyl groups excluding tert-OH is 1. The number of hydrogen-bond acceptors (Lipinski definition) is 3. The minimum absolute atomic E-state index is 0.0272. The van der Waals surface area contributed by atoms with Crippen LogP contribution in [-0.4, -0.2) is 47.8 Å². The second-order valence-electron chi connectivity index (χ2n) is 5.39. The summed E-state index contributed by atoms with van der Waals surface area (Å²) < 4.78 is 5.73. The Labute approximate surface area is 103 Å². The van der Waals surface area contributed by atoms with Crippen LogP contribution >= 0.6 is 0 Å². The summed E-state index contributed by atoms with van der Waals surface area (Å²) in [5.74, 6) is 0.597. The average molecular weight is 241 g/mol. The van der Waals surface area contributed by atoms with Crippen LogP contribution < -0.4 is 0 Å². The molecule has 1 aliphatic carbocycles. The Kier molecular flexibility index (Phi) is 4.40. The van der Waals surface area contributed by atoms with E-state index in [1.165, 1.54) is 19.3 Å².